The molecule has 0 atom stereocenters. The van der Waals surface area contributed by atoms with E-state index in [1.165, 1.54) is 20.3 Å². The van der Waals surface area contributed by atoms with Crippen LogP contribution in [0.15, 0.2) is 36.4 Å². The Labute approximate surface area is 145 Å². The number of fused-ring (bicyclic) bond motifs is 1. The van der Waals surface area contributed by atoms with Crippen LogP contribution >= 0.6 is 0 Å². The number of carbonyl (C=O) groups excluding carboxylic acids is 2. The fourth-order valence-electron chi connectivity index (χ4n) is 2.68. The van der Waals surface area contributed by atoms with Crippen molar-refractivity contribution in [2.75, 3.05) is 27.4 Å². The maximum Gasteiger partial charge on any atom is 0.208 e. The smallest absolute Gasteiger partial charge is 0.208 e. The van der Waals surface area contributed by atoms with Crippen LogP contribution in [0, 0.1) is 0 Å². The van der Waals surface area contributed by atoms with E-state index in [2.05, 4.69) is 0 Å². The van der Waals surface area contributed by atoms with Crippen molar-refractivity contribution in [1.82, 2.24) is 0 Å². The van der Waals surface area contributed by atoms with E-state index in [9.17, 15) is 9.59 Å². The Morgan fingerprint density at radius 2 is 1.64 bits per heavy atom. The van der Waals surface area contributed by atoms with Crippen molar-refractivity contribution in [3.63, 3.8) is 0 Å². The van der Waals surface area contributed by atoms with E-state index in [0.29, 0.717) is 36.0 Å². The molecule has 0 unspecified atom stereocenters. The monoisotopic (exact) mass is 342 g/mol. The highest BCUT2D eigenvalue weighted by atomic mass is 16.6. The fraction of sp³-hybridized carbons (Fsp3) is 0.263. The molecule has 0 spiro atoms. The lowest BCUT2D eigenvalue weighted by atomic mass is 10.00. The van der Waals surface area contributed by atoms with Gasteiger partial charge in [0.05, 0.1) is 26.2 Å². The summed E-state index contributed by atoms with van der Waals surface area (Å²) in [7, 11) is 2.92. The van der Waals surface area contributed by atoms with E-state index >= 15 is 0 Å². The molecule has 130 valence electrons. The molecule has 0 bridgehead atoms. The molecule has 0 saturated heterocycles. The van der Waals surface area contributed by atoms with Crippen molar-refractivity contribution in [2.24, 2.45) is 0 Å². The molecule has 0 saturated carbocycles. The van der Waals surface area contributed by atoms with Crippen LogP contribution in [0.1, 0.15) is 27.1 Å². The zero-order valence-corrected chi connectivity index (χ0v) is 14.0. The number of benzene rings is 2. The largest absolute Gasteiger partial charge is 0.493 e. The Morgan fingerprint density at radius 1 is 0.960 bits per heavy atom. The molecule has 0 N–H and O–H groups in total. The van der Waals surface area contributed by atoms with Gasteiger partial charge in [-0.15, -0.1) is 0 Å². The SMILES string of the molecule is COc1cc(C(=O)CC(=O)c2ccccc2)c(OC)c2c1OCCO2. The Morgan fingerprint density at radius 3 is 2.28 bits per heavy atom. The number of hydrogen-bond donors (Lipinski definition) is 0. The van der Waals surface area contributed by atoms with Gasteiger partial charge in [-0.05, 0) is 6.07 Å². The van der Waals surface area contributed by atoms with Gasteiger partial charge in [0.15, 0.2) is 23.1 Å². The number of carbonyl (C=O) groups is 2. The lowest BCUT2D eigenvalue weighted by Crippen LogP contribution is -2.18. The molecule has 2 aromatic carbocycles. The summed E-state index contributed by atoms with van der Waals surface area (Å²) in [5, 5.41) is 0. The number of methoxy groups -OCH3 is 2. The molecule has 6 heteroatoms. The van der Waals surface area contributed by atoms with E-state index in [1.54, 1.807) is 24.3 Å². The van der Waals surface area contributed by atoms with Crippen LogP contribution < -0.4 is 18.9 Å². The first-order chi connectivity index (χ1) is 12.2. The van der Waals surface area contributed by atoms with E-state index < -0.39 is 0 Å². The summed E-state index contributed by atoms with van der Waals surface area (Å²) in [5.41, 5.74) is 0.715. The molecular formula is C19H18O6. The normalized spacial score (nSPS) is 12.4. The van der Waals surface area contributed by atoms with Gasteiger partial charge in [-0.2, -0.15) is 0 Å². The molecule has 0 amide bonds. The predicted molar refractivity (Wildman–Crippen MR) is 90.3 cm³/mol. The molecule has 6 nitrogen and oxygen atoms in total. The van der Waals surface area contributed by atoms with Crippen LogP contribution in [-0.4, -0.2) is 39.0 Å². The van der Waals surface area contributed by atoms with Gasteiger partial charge < -0.3 is 18.9 Å². The fourth-order valence-corrected chi connectivity index (χ4v) is 2.68. The average Bonchev–Trinajstić information content (AvgIpc) is 2.67. The van der Waals surface area contributed by atoms with Gasteiger partial charge in [0.25, 0.3) is 0 Å². The minimum Gasteiger partial charge on any atom is -0.493 e. The molecule has 0 aliphatic carbocycles. The number of ketones is 2. The summed E-state index contributed by atoms with van der Waals surface area (Å²) < 4.78 is 21.8. The second kappa shape index (κ2) is 7.25. The van der Waals surface area contributed by atoms with E-state index in [4.69, 9.17) is 18.9 Å². The van der Waals surface area contributed by atoms with Crippen molar-refractivity contribution in [1.29, 1.82) is 0 Å². The summed E-state index contributed by atoms with van der Waals surface area (Å²) in [4.78, 5) is 25.0. The van der Waals surface area contributed by atoms with Crippen LogP contribution in [0.4, 0.5) is 0 Å². The number of hydrogen-bond acceptors (Lipinski definition) is 6. The molecule has 0 radical (unpaired) electrons. The molecule has 1 aliphatic heterocycles. The number of Topliss-reactive ketones (excluding diaryl/α,β-unsaturated/α-hetero) is 2. The third kappa shape index (κ3) is 3.28. The average molecular weight is 342 g/mol. The standard InChI is InChI=1S/C19H18O6/c1-22-16-10-13(17(23-2)19-18(16)24-8-9-25-19)15(21)11-14(20)12-6-4-3-5-7-12/h3-7,10H,8-9,11H2,1-2H3. The maximum atomic E-state index is 12.7. The molecule has 0 fully saturated rings. The Bertz CT molecular complexity index is 797. The van der Waals surface area contributed by atoms with E-state index in [1.807, 2.05) is 6.07 Å². The molecular weight excluding hydrogens is 324 g/mol. The molecule has 25 heavy (non-hydrogen) atoms. The third-order valence-electron chi connectivity index (χ3n) is 3.87. The number of ether oxygens (including phenoxy) is 4. The highest BCUT2D eigenvalue weighted by Crippen LogP contribution is 2.48. The third-order valence-corrected chi connectivity index (χ3v) is 3.87. The van der Waals surface area contributed by atoms with Crippen molar-refractivity contribution < 1.29 is 28.5 Å². The second-order valence-electron chi connectivity index (χ2n) is 5.40. The zero-order valence-electron chi connectivity index (χ0n) is 14.0. The van der Waals surface area contributed by atoms with Crippen molar-refractivity contribution in [2.45, 2.75) is 6.42 Å². The lowest BCUT2D eigenvalue weighted by Gasteiger charge is -2.23. The summed E-state index contributed by atoms with van der Waals surface area (Å²) in [5.74, 6) is 0.704. The Hall–Kier alpha value is -3.02. The van der Waals surface area contributed by atoms with Gasteiger partial charge in [0.2, 0.25) is 11.5 Å². The topological polar surface area (TPSA) is 71.1 Å². The lowest BCUT2D eigenvalue weighted by molar-refractivity contribution is 0.0891. The quantitative estimate of drug-likeness (QED) is 0.594. The molecule has 0 aromatic heterocycles. The van der Waals surface area contributed by atoms with Gasteiger partial charge in [-0.25, -0.2) is 0 Å². The summed E-state index contributed by atoms with van der Waals surface area (Å²) in [6, 6.07) is 10.2. The van der Waals surface area contributed by atoms with Crippen LogP contribution in [-0.2, 0) is 0 Å². The summed E-state index contributed by atoms with van der Waals surface area (Å²) in [6.45, 7) is 0.722. The Balaban J connectivity index is 1.95. The maximum absolute atomic E-state index is 12.7. The van der Waals surface area contributed by atoms with E-state index in [0.717, 1.165) is 0 Å². The second-order valence-corrected chi connectivity index (χ2v) is 5.40. The molecule has 2 aromatic rings. The van der Waals surface area contributed by atoms with Crippen LogP contribution in [0.3, 0.4) is 0 Å². The first kappa shape index (κ1) is 16.8. The first-order valence-corrected chi connectivity index (χ1v) is 7.81. The minimum atomic E-state index is -0.374. The highest BCUT2D eigenvalue weighted by Gasteiger charge is 2.28. The van der Waals surface area contributed by atoms with Gasteiger partial charge in [0, 0.05) is 5.56 Å². The van der Waals surface area contributed by atoms with Crippen LogP contribution in [0.2, 0.25) is 0 Å². The van der Waals surface area contributed by atoms with Gasteiger partial charge in [-0.3, -0.25) is 9.59 Å². The summed E-state index contributed by atoms with van der Waals surface area (Å²) in [6.07, 6.45) is -0.275. The zero-order chi connectivity index (χ0) is 17.8. The first-order valence-electron chi connectivity index (χ1n) is 7.81. The van der Waals surface area contributed by atoms with Gasteiger partial charge in [-0.1, -0.05) is 30.3 Å². The summed E-state index contributed by atoms with van der Waals surface area (Å²) >= 11 is 0. The van der Waals surface area contributed by atoms with E-state index in [-0.39, 0.29) is 29.3 Å². The molecule has 3 rings (SSSR count). The van der Waals surface area contributed by atoms with Crippen LogP contribution in [0.5, 0.6) is 23.0 Å². The Kier molecular flexibility index (Phi) is 4.88. The van der Waals surface area contributed by atoms with Crippen molar-refractivity contribution in [3.8, 4) is 23.0 Å². The van der Waals surface area contributed by atoms with Crippen LogP contribution in [0.25, 0.3) is 0 Å². The highest BCUT2D eigenvalue weighted by molar-refractivity contribution is 6.15. The molecule has 1 heterocycles. The van der Waals surface area contributed by atoms with Gasteiger partial charge >= 0.3 is 0 Å². The predicted octanol–water partition coefficient (Wildman–Crippen LogP) is 2.93. The number of rotatable bonds is 6. The minimum absolute atomic E-state index is 0.230. The van der Waals surface area contributed by atoms with Crippen molar-refractivity contribution >= 4 is 11.6 Å². The molecule has 1 aliphatic rings. The van der Waals surface area contributed by atoms with Crippen molar-refractivity contribution in [3.05, 3.63) is 47.5 Å². The van der Waals surface area contributed by atoms with Gasteiger partial charge in [0.1, 0.15) is 13.2 Å².